The summed E-state index contributed by atoms with van der Waals surface area (Å²) in [5.74, 6) is -3.92. The molecule has 6 heteroatoms. The highest BCUT2D eigenvalue weighted by Crippen LogP contribution is 2.32. The molecule has 0 radical (unpaired) electrons. The number of allylic oxidation sites excluding steroid dienone is 1. The first-order valence-corrected chi connectivity index (χ1v) is 5.88. The Kier molecular flexibility index (Phi) is 4.67. The van der Waals surface area contributed by atoms with Crippen molar-refractivity contribution < 1.29 is 18.7 Å². The lowest BCUT2D eigenvalue weighted by Gasteiger charge is -2.40. The zero-order chi connectivity index (χ0) is 13.9. The Hall–Kier alpha value is -1.17. The van der Waals surface area contributed by atoms with Gasteiger partial charge in [-0.25, -0.2) is 8.78 Å². The second-order valence-electron chi connectivity index (χ2n) is 5.13. The number of likely N-dealkylation sites (tertiary alicyclic amines) is 1. The van der Waals surface area contributed by atoms with Crippen LogP contribution in [0.15, 0.2) is 12.3 Å². The number of rotatable bonds is 5. The molecular weight excluding hydrogens is 242 g/mol. The third-order valence-corrected chi connectivity index (χ3v) is 3.00. The van der Waals surface area contributed by atoms with Gasteiger partial charge >= 0.3 is 5.97 Å². The van der Waals surface area contributed by atoms with Gasteiger partial charge in [0.05, 0.1) is 13.1 Å². The highest BCUT2D eigenvalue weighted by atomic mass is 19.3. The molecule has 0 aromatic rings. The van der Waals surface area contributed by atoms with Crippen molar-refractivity contribution in [3.05, 3.63) is 12.3 Å². The smallest absolute Gasteiger partial charge is 0.317 e. The SMILES string of the molecule is C=C(C)N1CC(CN(C)CC(=O)O)CC(F)(F)C1. The van der Waals surface area contributed by atoms with E-state index >= 15 is 0 Å². The van der Waals surface area contributed by atoms with Gasteiger partial charge in [-0.15, -0.1) is 0 Å². The molecular formula is C12H20F2N2O2. The zero-order valence-corrected chi connectivity index (χ0v) is 10.8. The van der Waals surface area contributed by atoms with E-state index in [-0.39, 0.29) is 25.4 Å². The van der Waals surface area contributed by atoms with Crippen LogP contribution in [0, 0.1) is 5.92 Å². The third kappa shape index (κ3) is 4.60. The minimum Gasteiger partial charge on any atom is -0.480 e. The van der Waals surface area contributed by atoms with Crippen molar-refractivity contribution in [3.8, 4) is 0 Å². The van der Waals surface area contributed by atoms with Crippen LogP contribution >= 0.6 is 0 Å². The third-order valence-electron chi connectivity index (χ3n) is 3.00. The summed E-state index contributed by atoms with van der Waals surface area (Å²) in [5, 5.41) is 8.64. The Labute approximate surface area is 106 Å². The van der Waals surface area contributed by atoms with Gasteiger partial charge < -0.3 is 10.0 Å². The van der Waals surface area contributed by atoms with Crippen LogP contribution in [-0.4, -0.2) is 60.0 Å². The van der Waals surface area contributed by atoms with Gasteiger partial charge in [-0.3, -0.25) is 9.69 Å². The Morgan fingerprint density at radius 1 is 1.61 bits per heavy atom. The van der Waals surface area contributed by atoms with Crippen LogP contribution in [0.1, 0.15) is 13.3 Å². The molecule has 1 atom stereocenters. The first-order chi connectivity index (χ1) is 8.19. The lowest BCUT2D eigenvalue weighted by Crippen LogP contribution is -2.48. The summed E-state index contributed by atoms with van der Waals surface area (Å²) in [6.45, 7) is 5.84. The Bertz CT molecular complexity index is 334. The number of carboxylic acids is 1. The van der Waals surface area contributed by atoms with E-state index in [4.69, 9.17) is 5.11 Å². The van der Waals surface area contributed by atoms with Crippen LogP contribution in [0.4, 0.5) is 8.78 Å². The van der Waals surface area contributed by atoms with E-state index < -0.39 is 11.9 Å². The molecule has 1 unspecified atom stereocenters. The maximum Gasteiger partial charge on any atom is 0.317 e. The average Bonchev–Trinajstić information content (AvgIpc) is 2.12. The lowest BCUT2D eigenvalue weighted by molar-refractivity contribution is -0.138. The fourth-order valence-electron chi connectivity index (χ4n) is 2.36. The first kappa shape index (κ1) is 14.9. The number of nitrogens with zero attached hydrogens (tertiary/aromatic N) is 2. The van der Waals surface area contributed by atoms with Crippen LogP contribution in [-0.2, 0) is 4.79 Å². The highest BCUT2D eigenvalue weighted by molar-refractivity contribution is 5.68. The molecule has 1 aliphatic rings. The minimum absolute atomic E-state index is 0.130. The summed E-state index contributed by atoms with van der Waals surface area (Å²) < 4.78 is 27.1. The standard InChI is InChI=1S/C12H20F2N2O2/c1-9(2)16-6-10(4-12(13,14)8-16)5-15(3)7-11(17)18/h10H,1,4-8H2,2-3H3,(H,17,18). The van der Waals surface area contributed by atoms with Gasteiger partial charge in [0.25, 0.3) is 5.92 Å². The number of hydrogen-bond donors (Lipinski definition) is 1. The molecule has 0 spiro atoms. The summed E-state index contributed by atoms with van der Waals surface area (Å²) in [5.41, 5.74) is 0.625. The topological polar surface area (TPSA) is 43.8 Å². The predicted molar refractivity (Wildman–Crippen MR) is 64.6 cm³/mol. The highest BCUT2D eigenvalue weighted by Gasteiger charge is 2.40. The molecule has 0 amide bonds. The van der Waals surface area contributed by atoms with Crippen molar-refractivity contribution in [1.29, 1.82) is 0 Å². The summed E-state index contributed by atoms with van der Waals surface area (Å²) >= 11 is 0. The van der Waals surface area contributed by atoms with Crippen LogP contribution < -0.4 is 0 Å². The Morgan fingerprint density at radius 3 is 2.72 bits per heavy atom. The second-order valence-corrected chi connectivity index (χ2v) is 5.13. The summed E-state index contributed by atoms with van der Waals surface area (Å²) in [7, 11) is 1.63. The average molecular weight is 262 g/mol. The van der Waals surface area contributed by atoms with E-state index in [9.17, 15) is 13.6 Å². The molecule has 0 aromatic carbocycles. The number of carbonyl (C=O) groups is 1. The van der Waals surface area contributed by atoms with Crippen molar-refractivity contribution in [1.82, 2.24) is 9.80 Å². The molecule has 1 rings (SSSR count). The van der Waals surface area contributed by atoms with Crippen molar-refractivity contribution in [3.63, 3.8) is 0 Å². The molecule has 0 saturated carbocycles. The van der Waals surface area contributed by atoms with Gasteiger partial charge in [-0.1, -0.05) is 6.58 Å². The summed E-state index contributed by atoms with van der Waals surface area (Å²) in [6, 6.07) is 0. The largest absolute Gasteiger partial charge is 0.480 e. The summed E-state index contributed by atoms with van der Waals surface area (Å²) in [6.07, 6.45) is -0.194. The Morgan fingerprint density at radius 2 is 2.22 bits per heavy atom. The number of piperidine rings is 1. The molecule has 104 valence electrons. The molecule has 0 aromatic heterocycles. The Balaban J connectivity index is 2.59. The number of alkyl halides is 2. The number of hydrogen-bond acceptors (Lipinski definition) is 3. The zero-order valence-electron chi connectivity index (χ0n) is 10.8. The quantitative estimate of drug-likeness (QED) is 0.815. The van der Waals surface area contributed by atoms with E-state index in [2.05, 4.69) is 6.58 Å². The van der Waals surface area contributed by atoms with E-state index in [0.29, 0.717) is 18.8 Å². The van der Waals surface area contributed by atoms with Gasteiger partial charge in [-0.05, 0) is 19.9 Å². The van der Waals surface area contributed by atoms with Gasteiger partial charge in [0.1, 0.15) is 0 Å². The van der Waals surface area contributed by atoms with Crippen molar-refractivity contribution in [2.24, 2.45) is 5.92 Å². The fourth-order valence-corrected chi connectivity index (χ4v) is 2.36. The molecule has 1 fully saturated rings. The molecule has 0 aliphatic carbocycles. The van der Waals surface area contributed by atoms with Crippen LogP contribution in [0.3, 0.4) is 0 Å². The first-order valence-electron chi connectivity index (χ1n) is 5.88. The molecule has 1 N–H and O–H groups in total. The van der Waals surface area contributed by atoms with E-state index in [0.717, 1.165) is 0 Å². The van der Waals surface area contributed by atoms with E-state index in [1.165, 1.54) is 0 Å². The number of aliphatic carboxylic acids is 1. The second kappa shape index (κ2) is 5.65. The molecule has 1 aliphatic heterocycles. The molecule has 1 saturated heterocycles. The van der Waals surface area contributed by atoms with Crippen molar-refractivity contribution >= 4 is 5.97 Å². The van der Waals surface area contributed by atoms with Gasteiger partial charge in [-0.2, -0.15) is 0 Å². The molecule has 0 bridgehead atoms. The number of carboxylic acid groups (broad SMARTS) is 1. The van der Waals surface area contributed by atoms with Gasteiger partial charge in [0.15, 0.2) is 0 Å². The fraction of sp³-hybridized carbons (Fsp3) is 0.750. The van der Waals surface area contributed by atoms with Crippen LogP contribution in [0.5, 0.6) is 0 Å². The monoisotopic (exact) mass is 262 g/mol. The van der Waals surface area contributed by atoms with Gasteiger partial charge in [0, 0.05) is 25.2 Å². The molecule has 1 heterocycles. The normalized spacial score (nSPS) is 23.2. The van der Waals surface area contributed by atoms with E-state index in [1.807, 2.05) is 0 Å². The number of likely N-dealkylation sites (N-methyl/N-ethyl adjacent to an activating group) is 1. The minimum atomic E-state index is -2.73. The molecule has 4 nitrogen and oxygen atoms in total. The van der Waals surface area contributed by atoms with Crippen LogP contribution in [0.25, 0.3) is 0 Å². The van der Waals surface area contributed by atoms with Crippen molar-refractivity contribution in [2.75, 3.05) is 33.2 Å². The maximum atomic E-state index is 13.6. The molecule has 18 heavy (non-hydrogen) atoms. The number of halogens is 2. The lowest BCUT2D eigenvalue weighted by atomic mass is 9.94. The van der Waals surface area contributed by atoms with E-state index in [1.54, 1.807) is 23.8 Å². The van der Waals surface area contributed by atoms with Gasteiger partial charge in [0.2, 0.25) is 0 Å². The van der Waals surface area contributed by atoms with Crippen molar-refractivity contribution in [2.45, 2.75) is 19.3 Å². The van der Waals surface area contributed by atoms with Crippen LogP contribution in [0.2, 0.25) is 0 Å². The summed E-state index contributed by atoms with van der Waals surface area (Å²) in [4.78, 5) is 13.7. The predicted octanol–water partition coefficient (Wildman–Crippen LogP) is 1.49. The maximum absolute atomic E-state index is 13.6.